The van der Waals surface area contributed by atoms with E-state index in [1.807, 2.05) is 12.1 Å². The van der Waals surface area contributed by atoms with Gasteiger partial charge in [-0.3, -0.25) is 19.5 Å². The minimum Gasteiger partial charge on any atom is -0.357 e. The summed E-state index contributed by atoms with van der Waals surface area (Å²) in [5.41, 5.74) is 0.0192. The molecule has 0 aromatic carbocycles. The fraction of sp³-hybridized carbons (Fsp3) is 0.375. The molecule has 0 atom stereocenters. The number of carbonyl (C=O) groups excluding carboxylic acids is 1. The van der Waals surface area contributed by atoms with E-state index in [1.54, 1.807) is 6.20 Å². The topological polar surface area (TPSA) is 100 Å². The number of rotatable bonds is 5. The largest absolute Gasteiger partial charge is 0.357 e. The van der Waals surface area contributed by atoms with Gasteiger partial charge < -0.3 is 10.2 Å². The fourth-order valence-corrected chi connectivity index (χ4v) is 2.63. The van der Waals surface area contributed by atoms with Gasteiger partial charge in [-0.25, -0.2) is 9.67 Å². The molecule has 2 N–H and O–H groups in total. The monoisotopic (exact) mass is 329 g/mol. The Balaban J connectivity index is 1.55. The number of anilines is 1. The van der Waals surface area contributed by atoms with Crippen LogP contribution in [0.1, 0.15) is 18.4 Å². The van der Waals surface area contributed by atoms with Crippen LogP contribution in [0.25, 0.3) is 0 Å². The lowest BCUT2D eigenvalue weighted by molar-refractivity contribution is -0.122. The molecule has 3 rings (SSSR count). The van der Waals surface area contributed by atoms with Crippen LogP contribution in [-0.2, 0) is 17.9 Å². The summed E-state index contributed by atoms with van der Waals surface area (Å²) in [4.78, 5) is 41.3. The number of aromatic amines is 1. The molecule has 1 aliphatic rings. The maximum absolute atomic E-state index is 11.9. The summed E-state index contributed by atoms with van der Waals surface area (Å²) < 4.78 is 0.979. The van der Waals surface area contributed by atoms with Gasteiger partial charge in [-0.1, -0.05) is 6.07 Å². The quantitative estimate of drug-likeness (QED) is 0.794. The van der Waals surface area contributed by atoms with Crippen molar-refractivity contribution in [1.29, 1.82) is 0 Å². The van der Waals surface area contributed by atoms with Crippen molar-refractivity contribution in [3.63, 3.8) is 0 Å². The number of nitrogens with zero attached hydrogens (tertiary/aromatic N) is 3. The van der Waals surface area contributed by atoms with Gasteiger partial charge in [-0.15, -0.1) is 0 Å². The number of pyridine rings is 1. The lowest BCUT2D eigenvalue weighted by Crippen LogP contribution is -2.35. The second kappa shape index (κ2) is 7.12. The Bertz CT molecular complexity index is 819. The number of hydrogen-bond acceptors (Lipinski definition) is 5. The van der Waals surface area contributed by atoms with Gasteiger partial charge in [0, 0.05) is 38.0 Å². The molecule has 0 saturated carbocycles. The second-order valence-corrected chi connectivity index (χ2v) is 5.73. The highest BCUT2D eigenvalue weighted by molar-refractivity contribution is 5.75. The Morgan fingerprint density at radius 1 is 1.17 bits per heavy atom. The first kappa shape index (κ1) is 16.0. The van der Waals surface area contributed by atoms with E-state index in [4.69, 9.17) is 0 Å². The number of aromatic nitrogens is 3. The standard InChI is InChI=1S/C16H19N5O3/c22-14-5-6-16(24)21(19-14)11-15(23)18-10-12-3-4-13(17-9-12)20-7-1-2-8-20/h3-6,9H,1-2,7-8,10-11H2,(H,18,23)(H,19,22). The molecule has 8 heteroatoms. The van der Waals surface area contributed by atoms with Gasteiger partial charge in [0.2, 0.25) is 5.91 Å². The van der Waals surface area contributed by atoms with E-state index < -0.39 is 11.1 Å². The van der Waals surface area contributed by atoms with Crippen molar-refractivity contribution < 1.29 is 4.79 Å². The van der Waals surface area contributed by atoms with Crippen molar-refractivity contribution in [3.8, 4) is 0 Å². The van der Waals surface area contributed by atoms with Gasteiger partial charge in [0.15, 0.2) is 0 Å². The summed E-state index contributed by atoms with van der Waals surface area (Å²) in [7, 11) is 0. The molecule has 1 aliphatic heterocycles. The van der Waals surface area contributed by atoms with Crippen LogP contribution in [0.5, 0.6) is 0 Å². The van der Waals surface area contributed by atoms with Crippen LogP contribution in [0.4, 0.5) is 5.82 Å². The summed E-state index contributed by atoms with van der Waals surface area (Å²) >= 11 is 0. The van der Waals surface area contributed by atoms with Gasteiger partial charge in [-0.05, 0) is 24.5 Å². The lowest BCUT2D eigenvalue weighted by atomic mass is 10.2. The van der Waals surface area contributed by atoms with Crippen LogP contribution in [0, 0.1) is 0 Å². The normalized spacial score (nSPS) is 13.9. The van der Waals surface area contributed by atoms with Crippen molar-refractivity contribution in [2.45, 2.75) is 25.9 Å². The molecule has 3 heterocycles. The first-order valence-electron chi connectivity index (χ1n) is 7.88. The fourth-order valence-electron chi connectivity index (χ4n) is 2.63. The summed E-state index contributed by atoms with van der Waals surface area (Å²) in [6.07, 6.45) is 4.13. The third kappa shape index (κ3) is 3.89. The summed E-state index contributed by atoms with van der Waals surface area (Å²) in [5, 5.41) is 5.02. The average Bonchev–Trinajstić information content (AvgIpc) is 3.11. The Hall–Kier alpha value is -2.90. The van der Waals surface area contributed by atoms with E-state index in [0.29, 0.717) is 6.54 Å². The van der Waals surface area contributed by atoms with E-state index in [1.165, 1.54) is 12.8 Å². The molecular formula is C16H19N5O3. The number of H-pyrrole nitrogens is 1. The van der Waals surface area contributed by atoms with E-state index >= 15 is 0 Å². The third-order valence-corrected chi connectivity index (χ3v) is 3.92. The van der Waals surface area contributed by atoms with Gasteiger partial charge in [0.05, 0.1) is 0 Å². The maximum Gasteiger partial charge on any atom is 0.265 e. The minimum absolute atomic E-state index is 0.228. The van der Waals surface area contributed by atoms with Gasteiger partial charge >= 0.3 is 0 Å². The molecule has 126 valence electrons. The Morgan fingerprint density at radius 3 is 2.67 bits per heavy atom. The molecule has 24 heavy (non-hydrogen) atoms. The van der Waals surface area contributed by atoms with Crippen LogP contribution >= 0.6 is 0 Å². The predicted molar refractivity (Wildman–Crippen MR) is 88.9 cm³/mol. The maximum atomic E-state index is 11.9. The smallest absolute Gasteiger partial charge is 0.265 e. The molecule has 0 unspecified atom stereocenters. The molecule has 2 aromatic rings. The summed E-state index contributed by atoms with van der Waals surface area (Å²) in [5.74, 6) is 0.596. The zero-order chi connectivity index (χ0) is 16.9. The van der Waals surface area contributed by atoms with Gasteiger partial charge in [0.1, 0.15) is 12.4 Å². The van der Waals surface area contributed by atoms with Crippen LogP contribution in [0.15, 0.2) is 40.1 Å². The van der Waals surface area contributed by atoms with Crippen molar-refractivity contribution in [2.75, 3.05) is 18.0 Å². The van der Waals surface area contributed by atoms with Crippen LogP contribution < -0.4 is 21.3 Å². The number of amides is 1. The molecule has 0 spiro atoms. The van der Waals surface area contributed by atoms with Crippen LogP contribution in [0.3, 0.4) is 0 Å². The second-order valence-electron chi connectivity index (χ2n) is 5.73. The Kier molecular flexibility index (Phi) is 4.74. The molecular weight excluding hydrogens is 310 g/mol. The zero-order valence-electron chi connectivity index (χ0n) is 13.2. The van der Waals surface area contributed by atoms with Crippen LogP contribution in [-0.4, -0.2) is 33.8 Å². The molecule has 0 aliphatic carbocycles. The first-order valence-corrected chi connectivity index (χ1v) is 7.88. The molecule has 2 aromatic heterocycles. The molecule has 0 radical (unpaired) electrons. The third-order valence-electron chi connectivity index (χ3n) is 3.92. The molecule has 1 saturated heterocycles. The first-order chi connectivity index (χ1) is 11.6. The van der Waals surface area contributed by atoms with E-state index in [9.17, 15) is 14.4 Å². The number of carbonyl (C=O) groups is 1. The van der Waals surface area contributed by atoms with Crippen molar-refractivity contribution in [1.82, 2.24) is 20.1 Å². The van der Waals surface area contributed by atoms with E-state index in [0.717, 1.165) is 41.3 Å². The highest BCUT2D eigenvalue weighted by Gasteiger charge is 2.13. The van der Waals surface area contributed by atoms with E-state index in [2.05, 4.69) is 20.3 Å². The zero-order valence-corrected chi connectivity index (χ0v) is 13.2. The molecule has 8 nitrogen and oxygen atoms in total. The summed E-state index contributed by atoms with van der Waals surface area (Å²) in [6.45, 7) is 2.16. The Labute approximate surface area is 138 Å². The molecule has 1 amide bonds. The number of nitrogens with one attached hydrogen (secondary N) is 2. The van der Waals surface area contributed by atoms with Gasteiger partial charge in [-0.2, -0.15) is 0 Å². The van der Waals surface area contributed by atoms with E-state index in [-0.39, 0.29) is 12.5 Å². The summed E-state index contributed by atoms with van der Waals surface area (Å²) in [6, 6.07) is 6.14. The molecule has 1 fully saturated rings. The Morgan fingerprint density at radius 2 is 1.96 bits per heavy atom. The van der Waals surface area contributed by atoms with Crippen molar-refractivity contribution in [2.24, 2.45) is 0 Å². The molecule has 0 bridgehead atoms. The SMILES string of the molecule is O=C(Cn1[nH]c(=O)ccc1=O)NCc1ccc(N2CCCC2)nc1. The lowest BCUT2D eigenvalue weighted by Gasteiger charge is -2.16. The minimum atomic E-state index is -0.429. The van der Waals surface area contributed by atoms with Crippen molar-refractivity contribution >= 4 is 11.7 Å². The number of hydrogen-bond donors (Lipinski definition) is 2. The highest BCUT2D eigenvalue weighted by atomic mass is 16.2. The van der Waals surface area contributed by atoms with Crippen molar-refractivity contribution in [3.05, 3.63) is 56.7 Å². The predicted octanol–water partition coefficient (Wildman–Crippen LogP) is -0.152. The average molecular weight is 329 g/mol. The van der Waals surface area contributed by atoms with Gasteiger partial charge in [0.25, 0.3) is 11.1 Å². The van der Waals surface area contributed by atoms with Crippen LogP contribution in [0.2, 0.25) is 0 Å². The highest BCUT2D eigenvalue weighted by Crippen LogP contribution is 2.17.